The summed E-state index contributed by atoms with van der Waals surface area (Å²) < 4.78 is 0. The van der Waals surface area contributed by atoms with Crippen LogP contribution in [0.2, 0.25) is 10.0 Å². The van der Waals surface area contributed by atoms with Gasteiger partial charge in [-0.25, -0.2) is 0 Å². The van der Waals surface area contributed by atoms with Gasteiger partial charge in [0, 0.05) is 18.8 Å². The second kappa shape index (κ2) is 4.92. The molecule has 0 bridgehead atoms. The minimum atomic E-state index is -0.339. The van der Waals surface area contributed by atoms with Crippen molar-refractivity contribution in [3.8, 4) is 0 Å². The van der Waals surface area contributed by atoms with Crippen LogP contribution < -0.4 is 10.6 Å². The first-order valence-electron chi connectivity index (χ1n) is 5.66. The highest BCUT2D eigenvalue weighted by molar-refractivity contribution is 6.39. The van der Waals surface area contributed by atoms with Crippen LogP contribution in [0.1, 0.15) is 13.3 Å². The third kappa shape index (κ3) is 2.62. The second-order valence-electron chi connectivity index (χ2n) is 4.61. The highest BCUT2D eigenvalue weighted by Crippen LogP contribution is 2.37. The summed E-state index contributed by atoms with van der Waals surface area (Å²) in [7, 11) is 0. The summed E-state index contributed by atoms with van der Waals surface area (Å²) in [6, 6.07) is 3.38. The van der Waals surface area contributed by atoms with E-state index in [9.17, 15) is 5.11 Å². The van der Waals surface area contributed by atoms with Crippen LogP contribution in [0.25, 0.3) is 0 Å². The molecule has 3 N–H and O–H groups in total. The van der Waals surface area contributed by atoms with E-state index in [1.54, 1.807) is 12.1 Å². The Hall–Kier alpha value is -0.640. The van der Waals surface area contributed by atoms with Crippen LogP contribution in [-0.4, -0.2) is 24.3 Å². The summed E-state index contributed by atoms with van der Waals surface area (Å²) in [4.78, 5) is 2.02. The Morgan fingerprint density at radius 3 is 2.47 bits per heavy atom. The molecule has 0 radical (unpaired) electrons. The molecular formula is C12H16Cl2N2O. The van der Waals surface area contributed by atoms with Crippen molar-refractivity contribution in [1.82, 2.24) is 0 Å². The molecule has 3 nitrogen and oxygen atoms in total. The highest BCUT2D eigenvalue weighted by Gasteiger charge is 2.26. The van der Waals surface area contributed by atoms with E-state index in [4.69, 9.17) is 28.9 Å². The molecule has 0 spiro atoms. The molecule has 0 aliphatic carbocycles. The predicted molar refractivity (Wildman–Crippen MR) is 72.9 cm³/mol. The van der Waals surface area contributed by atoms with E-state index in [0.29, 0.717) is 28.2 Å². The fraction of sp³-hybridized carbons (Fsp3) is 0.500. The second-order valence-corrected chi connectivity index (χ2v) is 5.43. The number of nitrogens with two attached hydrogens (primary N) is 1. The van der Waals surface area contributed by atoms with Crippen LogP contribution in [0.15, 0.2) is 12.1 Å². The summed E-state index contributed by atoms with van der Waals surface area (Å²) in [5, 5.41) is 11.0. The third-order valence-electron chi connectivity index (χ3n) is 3.27. The molecule has 0 amide bonds. The fourth-order valence-electron chi connectivity index (χ4n) is 2.14. The molecule has 17 heavy (non-hydrogen) atoms. The van der Waals surface area contributed by atoms with E-state index >= 15 is 0 Å². The molecule has 94 valence electrons. The highest BCUT2D eigenvalue weighted by atomic mass is 35.5. The topological polar surface area (TPSA) is 49.5 Å². The monoisotopic (exact) mass is 274 g/mol. The van der Waals surface area contributed by atoms with Crippen molar-refractivity contribution in [1.29, 1.82) is 0 Å². The molecule has 2 atom stereocenters. The van der Waals surface area contributed by atoms with E-state index in [1.165, 1.54) is 0 Å². The van der Waals surface area contributed by atoms with Gasteiger partial charge >= 0.3 is 0 Å². The van der Waals surface area contributed by atoms with Gasteiger partial charge in [-0.05, 0) is 24.5 Å². The number of nitrogens with zero attached hydrogens (tertiary/aromatic N) is 1. The number of aliphatic hydroxyl groups excluding tert-OH is 1. The zero-order valence-electron chi connectivity index (χ0n) is 9.66. The van der Waals surface area contributed by atoms with Crippen LogP contribution in [-0.2, 0) is 0 Å². The van der Waals surface area contributed by atoms with Crippen molar-refractivity contribution in [3.05, 3.63) is 22.2 Å². The molecule has 0 saturated carbocycles. The van der Waals surface area contributed by atoms with E-state index in [2.05, 4.69) is 0 Å². The quantitative estimate of drug-likeness (QED) is 0.775. The van der Waals surface area contributed by atoms with E-state index in [1.807, 2.05) is 11.8 Å². The average molecular weight is 275 g/mol. The van der Waals surface area contributed by atoms with Crippen LogP contribution in [0.5, 0.6) is 0 Å². The van der Waals surface area contributed by atoms with Gasteiger partial charge in [-0.3, -0.25) is 0 Å². The summed E-state index contributed by atoms with van der Waals surface area (Å²) in [5.74, 6) is 0.317. The van der Waals surface area contributed by atoms with Crippen molar-refractivity contribution in [2.24, 2.45) is 5.92 Å². The average Bonchev–Trinajstić information content (AvgIpc) is 2.21. The lowest BCUT2D eigenvalue weighted by atomic mass is 9.95. The minimum absolute atomic E-state index is 0.317. The molecule has 1 aliphatic rings. The summed E-state index contributed by atoms with van der Waals surface area (Å²) in [5.41, 5.74) is 6.99. The molecular weight excluding hydrogens is 259 g/mol. The molecule has 1 heterocycles. The van der Waals surface area contributed by atoms with E-state index < -0.39 is 0 Å². The lowest BCUT2D eigenvalue weighted by molar-refractivity contribution is 0.103. The molecule has 1 aliphatic heterocycles. The summed E-state index contributed by atoms with van der Waals surface area (Å²) >= 11 is 12.3. The number of benzene rings is 1. The van der Waals surface area contributed by atoms with E-state index in [0.717, 1.165) is 18.7 Å². The third-order valence-corrected chi connectivity index (χ3v) is 3.85. The molecule has 1 saturated heterocycles. The number of rotatable bonds is 1. The number of β-amino-alcohol motifs (C(OH)–C–C–N with tert-alkyl or cyclic N) is 1. The first-order valence-corrected chi connectivity index (χ1v) is 6.42. The van der Waals surface area contributed by atoms with Crippen molar-refractivity contribution >= 4 is 34.6 Å². The van der Waals surface area contributed by atoms with Gasteiger partial charge in [-0.1, -0.05) is 30.1 Å². The van der Waals surface area contributed by atoms with Crippen LogP contribution in [0.3, 0.4) is 0 Å². The molecule has 2 rings (SSSR count). The van der Waals surface area contributed by atoms with E-state index in [-0.39, 0.29) is 6.10 Å². The van der Waals surface area contributed by atoms with Crippen molar-refractivity contribution in [2.75, 3.05) is 23.7 Å². The zero-order chi connectivity index (χ0) is 12.6. The Labute approximate surface area is 111 Å². The standard InChI is InChI=1S/C12H16Cl2N2O/c1-7-2-3-16(6-11(7)17)12-9(13)4-8(15)5-10(12)14/h4-5,7,11,17H,2-3,6,15H2,1H3. The Morgan fingerprint density at radius 2 is 1.94 bits per heavy atom. The summed E-state index contributed by atoms with van der Waals surface area (Å²) in [6.07, 6.45) is 0.589. The Balaban J connectivity index is 2.29. The van der Waals surface area contributed by atoms with Gasteiger partial charge in [-0.15, -0.1) is 0 Å². The normalized spacial score (nSPS) is 25.1. The van der Waals surface area contributed by atoms with Crippen LogP contribution >= 0.6 is 23.2 Å². The number of piperidine rings is 1. The lowest BCUT2D eigenvalue weighted by Gasteiger charge is -2.36. The molecule has 1 fully saturated rings. The van der Waals surface area contributed by atoms with Gasteiger partial charge in [-0.2, -0.15) is 0 Å². The fourth-order valence-corrected chi connectivity index (χ4v) is 2.88. The number of aliphatic hydroxyl groups is 1. The lowest BCUT2D eigenvalue weighted by Crippen LogP contribution is -2.43. The van der Waals surface area contributed by atoms with Crippen LogP contribution in [0.4, 0.5) is 11.4 Å². The SMILES string of the molecule is CC1CCN(c2c(Cl)cc(N)cc2Cl)CC1O. The smallest absolute Gasteiger partial charge is 0.0747 e. The Bertz CT molecular complexity index is 402. The summed E-state index contributed by atoms with van der Waals surface area (Å²) in [6.45, 7) is 3.46. The zero-order valence-corrected chi connectivity index (χ0v) is 11.2. The number of hydrogen-bond donors (Lipinski definition) is 2. The molecule has 0 aromatic heterocycles. The van der Waals surface area contributed by atoms with Gasteiger partial charge in [0.15, 0.2) is 0 Å². The van der Waals surface area contributed by atoms with Gasteiger partial charge < -0.3 is 15.7 Å². The number of anilines is 2. The molecule has 1 aromatic carbocycles. The number of nitrogen functional groups attached to an aromatic ring is 1. The molecule has 2 unspecified atom stereocenters. The van der Waals surface area contributed by atoms with Gasteiger partial charge in [0.25, 0.3) is 0 Å². The van der Waals surface area contributed by atoms with Crippen molar-refractivity contribution in [3.63, 3.8) is 0 Å². The maximum absolute atomic E-state index is 9.89. The van der Waals surface area contributed by atoms with Gasteiger partial charge in [0.2, 0.25) is 0 Å². The first-order chi connectivity index (χ1) is 7.99. The molecule has 5 heteroatoms. The predicted octanol–water partition coefficient (Wildman–Crippen LogP) is 2.78. The van der Waals surface area contributed by atoms with Crippen molar-refractivity contribution in [2.45, 2.75) is 19.4 Å². The largest absolute Gasteiger partial charge is 0.399 e. The molecule has 1 aromatic rings. The maximum atomic E-state index is 9.89. The van der Waals surface area contributed by atoms with Crippen LogP contribution in [0, 0.1) is 5.92 Å². The maximum Gasteiger partial charge on any atom is 0.0747 e. The Morgan fingerprint density at radius 1 is 1.35 bits per heavy atom. The number of hydrogen-bond acceptors (Lipinski definition) is 3. The first kappa shape index (κ1) is 12.8. The number of halogens is 2. The minimum Gasteiger partial charge on any atom is -0.399 e. The van der Waals surface area contributed by atoms with Crippen molar-refractivity contribution < 1.29 is 5.11 Å². The van der Waals surface area contributed by atoms with Gasteiger partial charge in [0.1, 0.15) is 0 Å². The Kier molecular flexibility index (Phi) is 3.71. The van der Waals surface area contributed by atoms with Gasteiger partial charge in [0.05, 0.1) is 21.8 Å².